The Hall–Kier alpha value is -3.29. The third kappa shape index (κ3) is 5.10. The van der Waals surface area contributed by atoms with E-state index in [2.05, 4.69) is 5.32 Å². The van der Waals surface area contributed by atoms with Crippen LogP contribution in [0.5, 0.6) is 0 Å². The maximum Gasteiger partial charge on any atom is 0.262 e. The minimum atomic E-state index is -0.422. The van der Waals surface area contributed by atoms with E-state index in [1.807, 2.05) is 48.5 Å². The van der Waals surface area contributed by atoms with Gasteiger partial charge in [-0.15, -0.1) is 0 Å². The van der Waals surface area contributed by atoms with Crippen molar-refractivity contribution in [2.24, 2.45) is 0 Å². The quantitative estimate of drug-likeness (QED) is 0.493. The van der Waals surface area contributed by atoms with E-state index in [9.17, 15) is 10.1 Å². The van der Waals surface area contributed by atoms with Gasteiger partial charge in [-0.25, -0.2) is 0 Å². The highest BCUT2D eigenvalue weighted by Crippen LogP contribution is 2.25. The summed E-state index contributed by atoms with van der Waals surface area (Å²) in [6.07, 6.45) is 2.14. The van der Waals surface area contributed by atoms with E-state index in [-0.39, 0.29) is 5.57 Å². The lowest BCUT2D eigenvalue weighted by molar-refractivity contribution is -0.117. The lowest BCUT2D eigenvalue weighted by atomic mass is 10.1. The highest BCUT2D eigenvalue weighted by molar-refractivity contribution is 6.30. The molecule has 1 amide bonds. The largest absolute Gasteiger partial charge is 0.457 e. The van der Waals surface area contributed by atoms with Gasteiger partial charge in [0.15, 0.2) is 0 Å². The third-order valence-electron chi connectivity index (χ3n) is 3.93. The van der Waals surface area contributed by atoms with Crippen LogP contribution in [-0.2, 0) is 11.2 Å². The summed E-state index contributed by atoms with van der Waals surface area (Å²) in [4.78, 5) is 12.2. The minimum absolute atomic E-state index is 0.00458. The average molecular weight is 377 g/mol. The number of carbonyl (C=O) groups is 1. The van der Waals surface area contributed by atoms with Crippen LogP contribution >= 0.6 is 11.6 Å². The van der Waals surface area contributed by atoms with Crippen molar-refractivity contribution in [1.82, 2.24) is 5.32 Å². The lowest BCUT2D eigenvalue weighted by Gasteiger charge is -2.04. The molecule has 0 atom stereocenters. The number of nitriles is 1. The molecule has 0 unspecified atom stereocenters. The van der Waals surface area contributed by atoms with Gasteiger partial charge in [0.05, 0.1) is 0 Å². The van der Waals surface area contributed by atoms with Crippen molar-refractivity contribution in [3.63, 3.8) is 0 Å². The summed E-state index contributed by atoms with van der Waals surface area (Å²) in [5, 5.41) is 12.7. The van der Waals surface area contributed by atoms with E-state index in [1.54, 1.807) is 24.3 Å². The van der Waals surface area contributed by atoms with Crippen molar-refractivity contribution in [2.45, 2.75) is 6.42 Å². The van der Waals surface area contributed by atoms with Gasteiger partial charge in [-0.2, -0.15) is 5.26 Å². The Morgan fingerprint density at radius 1 is 1.11 bits per heavy atom. The molecule has 1 N–H and O–H groups in total. The normalized spacial score (nSPS) is 11.0. The molecule has 3 aromatic rings. The molecular formula is C22H17ClN2O2. The molecule has 0 saturated carbocycles. The summed E-state index contributed by atoms with van der Waals surface area (Å²) >= 11 is 5.99. The summed E-state index contributed by atoms with van der Waals surface area (Å²) in [5.74, 6) is 0.624. The molecule has 0 fully saturated rings. The van der Waals surface area contributed by atoms with Crippen molar-refractivity contribution >= 4 is 23.6 Å². The van der Waals surface area contributed by atoms with Gasteiger partial charge in [-0.3, -0.25) is 4.79 Å². The van der Waals surface area contributed by atoms with Crippen LogP contribution in [-0.4, -0.2) is 12.5 Å². The van der Waals surface area contributed by atoms with Crippen molar-refractivity contribution < 1.29 is 9.21 Å². The number of amides is 1. The molecule has 27 heavy (non-hydrogen) atoms. The van der Waals surface area contributed by atoms with Gasteiger partial charge in [0, 0.05) is 23.2 Å². The predicted octanol–water partition coefficient (Wildman–Crippen LogP) is 4.87. The molecule has 0 saturated heterocycles. The lowest BCUT2D eigenvalue weighted by Crippen LogP contribution is -2.26. The topological polar surface area (TPSA) is 66.0 Å². The molecule has 134 valence electrons. The SMILES string of the molecule is N#C/C(=C/c1ccc(-c2cccc(Cl)c2)o1)C(=O)NCCc1ccccc1. The van der Waals surface area contributed by atoms with Crippen molar-refractivity contribution in [2.75, 3.05) is 6.54 Å². The predicted molar refractivity (Wildman–Crippen MR) is 106 cm³/mol. The van der Waals surface area contributed by atoms with Crippen molar-refractivity contribution in [3.05, 3.63) is 88.6 Å². The van der Waals surface area contributed by atoms with Crippen LogP contribution < -0.4 is 5.32 Å². The molecule has 0 spiro atoms. The zero-order valence-corrected chi connectivity index (χ0v) is 15.2. The van der Waals surface area contributed by atoms with Crippen LogP contribution in [0.2, 0.25) is 5.02 Å². The number of hydrogen-bond acceptors (Lipinski definition) is 3. The van der Waals surface area contributed by atoms with Gasteiger partial charge in [0.25, 0.3) is 5.91 Å². The first-order valence-corrected chi connectivity index (χ1v) is 8.83. The number of nitrogens with one attached hydrogen (secondary N) is 1. The van der Waals surface area contributed by atoms with E-state index in [1.165, 1.54) is 6.08 Å². The smallest absolute Gasteiger partial charge is 0.262 e. The summed E-state index contributed by atoms with van der Waals surface area (Å²) in [6.45, 7) is 0.452. The average Bonchev–Trinajstić information content (AvgIpc) is 3.15. The van der Waals surface area contributed by atoms with Crippen LogP contribution in [0.4, 0.5) is 0 Å². The maximum atomic E-state index is 12.2. The zero-order chi connectivity index (χ0) is 19.1. The third-order valence-corrected chi connectivity index (χ3v) is 4.16. The molecule has 0 aliphatic rings. The van der Waals surface area contributed by atoms with Crippen molar-refractivity contribution in [1.29, 1.82) is 5.26 Å². The molecule has 5 heteroatoms. The molecule has 1 aromatic heterocycles. The summed E-state index contributed by atoms with van der Waals surface area (Å²) < 4.78 is 5.71. The summed E-state index contributed by atoms with van der Waals surface area (Å²) in [5.41, 5.74) is 1.94. The second kappa shape index (κ2) is 8.88. The van der Waals surface area contributed by atoms with Crippen LogP contribution in [0.25, 0.3) is 17.4 Å². The molecule has 0 radical (unpaired) electrons. The van der Waals surface area contributed by atoms with E-state index in [4.69, 9.17) is 16.0 Å². The van der Waals surface area contributed by atoms with Gasteiger partial charge in [0.2, 0.25) is 0 Å². The van der Waals surface area contributed by atoms with Crippen LogP contribution in [0.1, 0.15) is 11.3 Å². The molecule has 0 bridgehead atoms. The fourth-order valence-electron chi connectivity index (χ4n) is 2.58. The second-order valence-corrected chi connectivity index (χ2v) is 6.31. The van der Waals surface area contributed by atoms with Crippen LogP contribution in [0, 0.1) is 11.3 Å². The molecule has 4 nitrogen and oxygen atoms in total. The Labute approximate surface area is 162 Å². The zero-order valence-electron chi connectivity index (χ0n) is 14.5. The number of furan rings is 1. The number of rotatable bonds is 6. The molecule has 2 aromatic carbocycles. The molecule has 0 aliphatic carbocycles. The van der Waals surface area contributed by atoms with Gasteiger partial charge >= 0.3 is 0 Å². The summed E-state index contributed by atoms with van der Waals surface area (Å²) in [7, 11) is 0. The Morgan fingerprint density at radius 3 is 2.67 bits per heavy atom. The number of benzene rings is 2. The Bertz CT molecular complexity index is 1000. The van der Waals surface area contributed by atoms with E-state index in [0.717, 1.165) is 11.1 Å². The molecule has 0 aliphatic heterocycles. The Balaban J connectivity index is 1.65. The number of hydrogen-bond donors (Lipinski definition) is 1. The number of carbonyl (C=O) groups excluding carboxylic acids is 1. The highest BCUT2D eigenvalue weighted by Gasteiger charge is 2.11. The monoisotopic (exact) mass is 376 g/mol. The summed E-state index contributed by atoms with van der Waals surface area (Å²) in [6, 6.07) is 22.5. The van der Waals surface area contributed by atoms with Gasteiger partial charge in [-0.05, 0) is 36.2 Å². The Morgan fingerprint density at radius 2 is 1.93 bits per heavy atom. The van der Waals surface area contributed by atoms with E-state index >= 15 is 0 Å². The number of nitrogens with zero attached hydrogens (tertiary/aromatic N) is 1. The molecular weight excluding hydrogens is 360 g/mol. The number of halogens is 1. The van der Waals surface area contributed by atoms with Gasteiger partial charge < -0.3 is 9.73 Å². The standard InChI is InChI=1S/C22H17ClN2O2/c23-19-8-4-7-17(13-19)21-10-9-20(27-21)14-18(15-24)22(26)25-12-11-16-5-2-1-3-6-16/h1-10,13-14H,11-12H2,(H,25,26)/b18-14-. The minimum Gasteiger partial charge on any atom is -0.457 e. The fourth-order valence-corrected chi connectivity index (χ4v) is 2.77. The maximum absolute atomic E-state index is 12.2. The molecule has 1 heterocycles. The second-order valence-electron chi connectivity index (χ2n) is 5.87. The van der Waals surface area contributed by atoms with E-state index < -0.39 is 5.91 Å². The van der Waals surface area contributed by atoms with Crippen LogP contribution in [0.15, 0.2) is 76.7 Å². The van der Waals surface area contributed by atoms with Crippen molar-refractivity contribution in [3.8, 4) is 17.4 Å². The van der Waals surface area contributed by atoms with Crippen LogP contribution in [0.3, 0.4) is 0 Å². The van der Waals surface area contributed by atoms with Gasteiger partial charge in [0.1, 0.15) is 23.2 Å². The van der Waals surface area contributed by atoms with E-state index in [0.29, 0.717) is 29.5 Å². The van der Waals surface area contributed by atoms with Gasteiger partial charge in [-0.1, -0.05) is 54.1 Å². The first kappa shape index (κ1) is 18.5. The highest BCUT2D eigenvalue weighted by atomic mass is 35.5. The fraction of sp³-hybridized carbons (Fsp3) is 0.0909. The first-order chi connectivity index (χ1) is 13.2. The first-order valence-electron chi connectivity index (χ1n) is 8.45. The molecule has 3 rings (SSSR count). The Kier molecular flexibility index (Phi) is 6.09.